The summed E-state index contributed by atoms with van der Waals surface area (Å²) in [7, 11) is 0. The number of aliphatic hydroxyl groups excluding tert-OH is 1. The lowest BCUT2D eigenvalue weighted by Gasteiger charge is -2.16. The van der Waals surface area contributed by atoms with Crippen molar-refractivity contribution < 1.29 is 14.4 Å². The van der Waals surface area contributed by atoms with Gasteiger partial charge >= 0.3 is 0 Å². The van der Waals surface area contributed by atoms with Crippen molar-refractivity contribution in [2.45, 2.75) is 45.8 Å². The van der Waals surface area contributed by atoms with Crippen molar-refractivity contribution in [2.75, 3.05) is 0 Å². The van der Waals surface area contributed by atoms with Crippen LogP contribution in [0.4, 0.5) is 0 Å². The zero-order chi connectivity index (χ0) is 16.1. The zero-order valence-corrected chi connectivity index (χ0v) is 13.2. The second kappa shape index (κ2) is 7.22. The number of aliphatic hydroxyl groups is 1. The molecule has 0 spiro atoms. The molecule has 22 heavy (non-hydrogen) atoms. The quantitative estimate of drug-likeness (QED) is 0.859. The Morgan fingerprint density at radius 1 is 1.32 bits per heavy atom. The SMILES string of the molecule is Cc1noc(C)c1CC(C)NC(=O)CC(O)c1ccccc1. The first-order valence-electron chi connectivity index (χ1n) is 7.41. The van der Waals surface area contributed by atoms with E-state index in [4.69, 9.17) is 4.52 Å². The Labute approximate surface area is 130 Å². The Kier molecular flexibility index (Phi) is 5.33. The molecule has 1 amide bonds. The van der Waals surface area contributed by atoms with E-state index in [0.29, 0.717) is 6.42 Å². The number of carbonyl (C=O) groups is 1. The molecule has 0 saturated heterocycles. The third-order valence-electron chi connectivity index (χ3n) is 3.66. The van der Waals surface area contributed by atoms with Crippen LogP contribution < -0.4 is 5.32 Å². The van der Waals surface area contributed by atoms with Gasteiger partial charge in [0, 0.05) is 11.6 Å². The highest BCUT2D eigenvalue weighted by molar-refractivity contribution is 5.77. The van der Waals surface area contributed by atoms with Crippen molar-refractivity contribution in [1.82, 2.24) is 10.5 Å². The van der Waals surface area contributed by atoms with Crippen molar-refractivity contribution in [3.8, 4) is 0 Å². The van der Waals surface area contributed by atoms with Crippen molar-refractivity contribution in [1.29, 1.82) is 0 Å². The molecule has 2 rings (SSSR count). The Balaban J connectivity index is 1.86. The summed E-state index contributed by atoms with van der Waals surface area (Å²) in [6.45, 7) is 5.68. The molecular weight excluding hydrogens is 280 g/mol. The van der Waals surface area contributed by atoms with Crippen LogP contribution in [0.2, 0.25) is 0 Å². The van der Waals surface area contributed by atoms with Crippen LogP contribution in [0.25, 0.3) is 0 Å². The molecule has 0 fully saturated rings. The Morgan fingerprint density at radius 2 is 2.00 bits per heavy atom. The second-order valence-corrected chi connectivity index (χ2v) is 5.61. The van der Waals surface area contributed by atoms with Crippen LogP contribution in [-0.4, -0.2) is 22.2 Å². The van der Waals surface area contributed by atoms with Gasteiger partial charge in [0.15, 0.2) is 0 Å². The highest BCUT2D eigenvalue weighted by atomic mass is 16.5. The van der Waals surface area contributed by atoms with Crippen LogP contribution in [0, 0.1) is 13.8 Å². The molecule has 0 aliphatic carbocycles. The summed E-state index contributed by atoms with van der Waals surface area (Å²) in [6.07, 6.45) is -0.0722. The summed E-state index contributed by atoms with van der Waals surface area (Å²) in [5.74, 6) is 0.610. The van der Waals surface area contributed by atoms with Crippen LogP contribution in [0.15, 0.2) is 34.9 Å². The van der Waals surface area contributed by atoms with Gasteiger partial charge in [0.25, 0.3) is 0 Å². The maximum absolute atomic E-state index is 12.0. The van der Waals surface area contributed by atoms with Crippen molar-refractivity contribution >= 4 is 5.91 Å². The second-order valence-electron chi connectivity index (χ2n) is 5.61. The Hall–Kier alpha value is -2.14. The number of nitrogens with zero attached hydrogens (tertiary/aromatic N) is 1. The topological polar surface area (TPSA) is 75.4 Å². The van der Waals surface area contributed by atoms with Gasteiger partial charge in [-0.25, -0.2) is 0 Å². The highest BCUT2D eigenvalue weighted by Gasteiger charge is 2.17. The number of carbonyl (C=O) groups excluding carboxylic acids is 1. The van der Waals surface area contributed by atoms with Gasteiger partial charge < -0.3 is 14.9 Å². The predicted molar refractivity (Wildman–Crippen MR) is 83.3 cm³/mol. The molecule has 1 aromatic carbocycles. The molecular formula is C17H22N2O3. The van der Waals surface area contributed by atoms with E-state index in [2.05, 4.69) is 10.5 Å². The van der Waals surface area contributed by atoms with Crippen molar-refractivity contribution in [3.63, 3.8) is 0 Å². The first-order valence-corrected chi connectivity index (χ1v) is 7.41. The lowest BCUT2D eigenvalue weighted by Crippen LogP contribution is -2.35. The predicted octanol–water partition coefficient (Wildman–Crippen LogP) is 2.46. The third-order valence-corrected chi connectivity index (χ3v) is 3.66. The van der Waals surface area contributed by atoms with Gasteiger partial charge in [0.2, 0.25) is 5.91 Å². The Morgan fingerprint density at radius 3 is 2.59 bits per heavy atom. The number of rotatable bonds is 6. The van der Waals surface area contributed by atoms with Crippen LogP contribution in [0.1, 0.15) is 42.0 Å². The number of benzene rings is 1. The number of aromatic nitrogens is 1. The van der Waals surface area contributed by atoms with E-state index < -0.39 is 6.10 Å². The highest BCUT2D eigenvalue weighted by Crippen LogP contribution is 2.17. The number of aryl methyl sites for hydroxylation is 2. The molecule has 1 aromatic heterocycles. The molecule has 0 aliphatic rings. The standard InChI is InChI=1S/C17H22N2O3/c1-11(9-15-12(2)19-22-13(15)3)18-17(21)10-16(20)14-7-5-4-6-8-14/h4-8,11,16,20H,9-10H2,1-3H3,(H,18,21). The number of hydrogen-bond donors (Lipinski definition) is 2. The minimum atomic E-state index is -0.785. The van der Waals surface area contributed by atoms with E-state index >= 15 is 0 Å². The summed E-state index contributed by atoms with van der Waals surface area (Å²) in [6, 6.07) is 9.14. The van der Waals surface area contributed by atoms with Gasteiger partial charge in [-0.1, -0.05) is 35.5 Å². The molecule has 5 heteroatoms. The van der Waals surface area contributed by atoms with Crippen molar-refractivity contribution in [3.05, 3.63) is 52.9 Å². The normalized spacial score (nSPS) is 13.6. The average molecular weight is 302 g/mol. The maximum Gasteiger partial charge on any atom is 0.223 e. The fraction of sp³-hybridized carbons (Fsp3) is 0.412. The van der Waals surface area contributed by atoms with Crippen LogP contribution in [0.3, 0.4) is 0 Å². The van der Waals surface area contributed by atoms with Crippen LogP contribution in [0.5, 0.6) is 0 Å². The van der Waals surface area contributed by atoms with Gasteiger partial charge in [-0.05, 0) is 32.8 Å². The summed E-state index contributed by atoms with van der Waals surface area (Å²) in [5.41, 5.74) is 2.62. The van der Waals surface area contributed by atoms with E-state index in [1.807, 2.05) is 51.1 Å². The minimum Gasteiger partial charge on any atom is -0.388 e. The van der Waals surface area contributed by atoms with E-state index in [-0.39, 0.29) is 18.4 Å². The van der Waals surface area contributed by atoms with E-state index in [1.54, 1.807) is 0 Å². The fourth-order valence-electron chi connectivity index (χ4n) is 2.45. The number of hydrogen-bond acceptors (Lipinski definition) is 4. The summed E-state index contributed by atoms with van der Waals surface area (Å²) < 4.78 is 5.12. The molecule has 1 heterocycles. The van der Waals surface area contributed by atoms with E-state index in [9.17, 15) is 9.90 Å². The number of amides is 1. The molecule has 5 nitrogen and oxygen atoms in total. The van der Waals surface area contributed by atoms with Gasteiger partial charge in [0.05, 0.1) is 18.2 Å². The van der Waals surface area contributed by atoms with Gasteiger partial charge in [0.1, 0.15) is 5.76 Å². The molecule has 0 aliphatic heterocycles. The largest absolute Gasteiger partial charge is 0.388 e. The minimum absolute atomic E-state index is 0.0488. The van der Waals surface area contributed by atoms with Crippen LogP contribution in [-0.2, 0) is 11.2 Å². The van der Waals surface area contributed by atoms with Crippen LogP contribution >= 0.6 is 0 Å². The summed E-state index contributed by atoms with van der Waals surface area (Å²) in [5, 5.41) is 16.9. The lowest BCUT2D eigenvalue weighted by atomic mass is 10.0. The average Bonchev–Trinajstić information content (AvgIpc) is 2.79. The summed E-state index contributed by atoms with van der Waals surface area (Å²) in [4.78, 5) is 12.0. The summed E-state index contributed by atoms with van der Waals surface area (Å²) >= 11 is 0. The maximum atomic E-state index is 12.0. The first-order chi connectivity index (χ1) is 10.5. The first kappa shape index (κ1) is 16.2. The molecule has 118 valence electrons. The van der Waals surface area contributed by atoms with Gasteiger partial charge in [-0.2, -0.15) is 0 Å². The van der Waals surface area contributed by atoms with Crippen molar-refractivity contribution in [2.24, 2.45) is 0 Å². The molecule has 2 unspecified atom stereocenters. The molecule has 0 saturated carbocycles. The lowest BCUT2D eigenvalue weighted by molar-refractivity contribution is -0.123. The molecule has 0 radical (unpaired) electrons. The van der Waals surface area contributed by atoms with E-state index in [1.165, 1.54) is 0 Å². The fourth-order valence-corrected chi connectivity index (χ4v) is 2.45. The van der Waals surface area contributed by atoms with E-state index in [0.717, 1.165) is 22.6 Å². The zero-order valence-electron chi connectivity index (χ0n) is 13.2. The van der Waals surface area contributed by atoms with Gasteiger partial charge in [-0.3, -0.25) is 4.79 Å². The molecule has 0 bridgehead atoms. The third kappa shape index (κ3) is 4.18. The van der Waals surface area contributed by atoms with Gasteiger partial charge in [-0.15, -0.1) is 0 Å². The molecule has 2 aromatic rings. The number of nitrogens with one attached hydrogen (secondary N) is 1. The Bertz CT molecular complexity index is 603. The smallest absolute Gasteiger partial charge is 0.223 e. The molecule has 2 atom stereocenters. The molecule has 2 N–H and O–H groups in total. The monoisotopic (exact) mass is 302 g/mol.